The van der Waals surface area contributed by atoms with Crippen molar-refractivity contribution in [3.05, 3.63) is 40.7 Å². The number of nitrogens with zero attached hydrogens (tertiary/aromatic N) is 1. The Hall–Kier alpha value is -0.980. The van der Waals surface area contributed by atoms with Gasteiger partial charge in [-0.25, -0.2) is 4.98 Å². The maximum Gasteiger partial charge on any atom is 0.220 e. The topological polar surface area (TPSA) is 42.0 Å². The summed E-state index contributed by atoms with van der Waals surface area (Å²) in [6.07, 6.45) is 6.21. The Morgan fingerprint density at radius 3 is 2.92 bits per heavy atom. The number of carbonyl (C=O) groups excluding carboxylic acids is 1. The third kappa shape index (κ3) is 6.35. The smallest absolute Gasteiger partial charge is 0.220 e. The first-order valence-electron chi connectivity index (χ1n) is 8.86. The molecule has 25 heavy (non-hydrogen) atoms. The standard InChI is InChI=1S/C19H24N2OS3/c22-18(9-5-4-8-16-11-13-24-25-16)20-12-10-19-21-17(14-23-19)15-6-2-1-3-7-15/h1-3,6-7,14,16H,4-5,8-13H2,(H,20,22)/t16-/m0/s1. The van der Waals surface area contributed by atoms with Crippen LogP contribution in [0.1, 0.15) is 37.1 Å². The summed E-state index contributed by atoms with van der Waals surface area (Å²) in [6, 6.07) is 10.2. The monoisotopic (exact) mass is 392 g/mol. The molecular formula is C19H24N2OS3. The molecule has 0 radical (unpaired) electrons. The fourth-order valence-corrected chi connectivity index (χ4v) is 6.62. The van der Waals surface area contributed by atoms with E-state index < -0.39 is 0 Å². The van der Waals surface area contributed by atoms with Gasteiger partial charge in [0.25, 0.3) is 0 Å². The Kier molecular flexibility index (Phi) is 7.70. The first-order valence-corrected chi connectivity index (χ1v) is 12.1. The molecule has 1 N–H and O–H groups in total. The van der Waals surface area contributed by atoms with Gasteiger partial charge in [-0.15, -0.1) is 11.3 Å². The molecule has 0 aliphatic carbocycles. The molecule has 2 aromatic rings. The zero-order chi connectivity index (χ0) is 17.3. The molecule has 1 amide bonds. The van der Waals surface area contributed by atoms with Crippen LogP contribution in [0.25, 0.3) is 11.3 Å². The molecule has 1 aromatic heterocycles. The molecule has 3 rings (SSSR count). The van der Waals surface area contributed by atoms with Crippen molar-refractivity contribution in [3.8, 4) is 11.3 Å². The number of thiazole rings is 1. The minimum Gasteiger partial charge on any atom is -0.356 e. The normalized spacial score (nSPS) is 16.9. The van der Waals surface area contributed by atoms with E-state index in [2.05, 4.69) is 27.8 Å². The van der Waals surface area contributed by atoms with Crippen LogP contribution in [0.5, 0.6) is 0 Å². The van der Waals surface area contributed by atoms with Crippen LogP contribution in [-0.4, -0.2) is 28.4 Å². The van der Waals surface area contributed by atoms with Gasteiger partial charge in [0.1, 0.15) is 0 Å². The quantitative estimate of drug-likeness (QED) is 0.471. The Bertz CT molecular complexity index is 654. The molecule has 6 heteroatoms. The number of carbonyl (C=O) groups is 1. The lowest BCUT2D eigenvalue weighted by Gasteiger charge is -2.07. The van der Waals surface area contributed by atoms with Crippen molar-refractivity contribution in [2.24, 2.45) is 0 Å². The summed E-state index contributed by atoms with van der Waals surface area (Å²) in [4.78, 5) is 16.6. The fourth-order valence-electron chi connectivity index (χ4n) is 2.79. The Morgan fingerprint density at radius 2 is 2.12 bits per heavy atom. The van der Waals surface area contributed by atoms with Crippen molar-refractivity contribution in [3.63, 3.8) is 0 Å². The van der Waals surface area contributed by atoms with Crippen molar-refractivity contribution in [2.75, 3.05) is 12.3 Å². The summed E-state index contributed by atoms with van der Waals surface area (Å²) in [6.45, 7) is 0.676. The predicted octanol–water partition coefficient (Wildman–Crippen LogP) is 5.18. The van der Waals surface area contributed by atoms with Crippen LogP contribution in [-0.2, 0) is 11.2 Å². The summed E-state index contributed by atoms with van der Waals surface area (Å²) in [5, 5.41) is 7.01. The Balaban J connectivity index is 1.30. The van der Waals surface area contributed by atoms with E-state index in [1.165, 1.54) is 25.0 Å². The summed E-state index contributed by atoms with van der Waals surface area (Å²) in [7, 11) is 4.01. The van der Waals surface area contributed by atoms with Gasteiger partial charge in [0.15, 0.2) is 0 Å². The average Bonchev–Trinajstić information content (AvgIpc) is 3.31. The van der Waals surface area contributed by atoms with Gasteiger partial charge in [-0.2, -0.15) is 0 Å². The SMILES string of the molecule is O=C(CCCC[C@H]1CCSS1)NCCc1nc(-c2ccccc2)cs1. The molecule has 2 heterocycles. The van der Waals surface area contributed by atoms with E-state index in [4.69, 9.17) is 0 Å². The van der Waals surface area contributed by atoms with Gasteiger partial charge in [0.05, 0.1) is 10.7 Å². The second kappa shape index (κ2) is 10.2. The highest BCUT2D eigenvalue weighted by molar-refractivity contribution is 8.77. The molecule has 1 atom stereocenters. The predicted molar refractivity (Wildman–Crippen MR) is 111 cm³/mol. The maximum absolute atomic E-state index is 11.9. The van der Waals surface area contributed by atoms with Crippen LogP contribution in [0, 0.1) is 0 Å². The first-order chi connectivity index (χ1) is 12.3. The largest absolute Gasteiger partial charge is 0.356 e. The fraction of sp³-hybridized carbons (Fsp3) is 0.474. The van der Waals surface area contributed by atoms with Crippen molar-refractivity contribution in [1.29, 1.82) is 0 Å². The highest BCUT2D eigenvalue weighted by atomic mass is 33.1. The average molecular weight is 393 g/mol. The van der Waals surface area contributed by atoms with Gasteiger partial charge < -0.3 is 5.32 Å². The minimum absolute atomic E-state index is 0.174. The molecule has 1 aliphatic rings. The van der Waals surface area contributed by atoms with E-state index in [1.807, 2.05) is 39.8 Å². The minimum atomic E-state index is 0.174. The lowest BCUT2D eigenvalue weighted by atomic mass is 10.1. The molecule has 3 nitrogen and oxygen atoms in total. The number of benzene rings is 1. The molecular weight excluding hydrogens is 368 g/mol. The summed E-state index contributed by atoms with van der Waals surface area (Å²) < 4.78 is 0. The number of hydrogen-bond donors (Lipinski definition) is 1. The molecule has 0 bridgehead atoms. The van der Waals surface area contributed by atoms with Gasteiger partial charge in [-0.05, 0) is 19.3 Å². The second-order valence-electron chi connectivity index (χ2n) is 6.17. The van der Waals surface area contributed by atoms with E-state index in [0.29, 0.717) is 13.0 Å². The number of unbranched alkanes of at least 4 members (excludes halogenated alkanes) is 1. The number of aromatic nitrogens is 1. The van der Waals surface area contributed by atoms with Crippen LogP contribution in [0.15, 0.2) is 35.7 Å². The lowest BCUT2D eigenvalue weighted by Crippen LogP contribution is -2.25. The maximum atomic E-state index is 11.9. The van der Waals surface area contributed by atoms with Gasteiger partial charge in [-0.1, -0.05) is 58.3 Å². The summed E-state index contributed by atoms with van der Waals surface area (Å²) in [5.41, 5.74) is 2.17. The molecule has 1 aliphatic heterocycles. The van der Waals surface area contributed by atoms with Crippen molar-refractivity contribution in [2.45, 2.75) is 43.8 Å². The molecule has 0 unspecified atom stereocenters. The molecule has 0 saturated carbocycles. The third-order valence-corrected chi connectivity index (χ3v) is 8.10. The van der Waals surface area contributed by atoms with Crippen LogP contribution >= 0.6 is 32.9 Å². The van der Waals surface area contributed by atoms with Crippen molar-refractivity contribution in [1.82, 2.24) is 10.3 Å². The molecule has 0 spiro atoms. The van der Waals surface area contributed by atoms with Gasteiger partial charge >= 0.3 is 0 Å². The second-order valence-corrected chi connectivity index (χ2v) is 9.90. The number of amides is 1. The van der Waals surface area contributed by atoms with Crippen molar-refractivity contribution >= 4 is 38.8 Å². The first kappa shape index (κ1) is 18.8. The number of hydrogen-bond acceptors (Lipinski definition) is 5. The van der Waals surface area contributed by atoms with E-state index in [1.54, 1.807) is 11.3 Å². The van der Waals surface area contributed by atoms with Crippen LogP contribution in [0.3, 0.4) is 0 Å². The van der Waals surface area contributed by atoms with Gasteiger partial charge in [-0.3, -0.25) is 4.79 Å². The molecule has 1 fully saturated rings. The summed E-state index contributed by atoms with van der Waals surface area (Å²) in [5.74, 6) is 1.46. The molecule has 134 valence electrons. The van der Waals surface area contributed by atoms with Crippen LogP contribution < -0.4 is 5.32 Å². The van der Waals surface area contributed by atoms with E-state index >= 15 is 0 Å². The van der Waals surface area contributed by atoms with E-state index in [-0.39, 0.29) is 5.91 Å². The Morgan fingerprint density at radius 1 is 1.24 bits per heavy atom. The zero-order valence-corrected chi connectivity index (χ0v) is 16.7. The van der Waals surface area contributed by atoms with Gasteiger partial charge in [0.2, 0.25) is 5.91 Å². The Labute approximate surface area is 161 Å². The van der Waals surface area contributed by atoms with Gasteiger partial charge in [0, 0.05) is 41.3 Å². The van der Waals surface area contributed by atoms with Crippen molar-refractivity contribution < 1.29 is 4.79 Å². The number of nitrogens with one attached hydrogen (secondary N) is 1. The number of rotatable bonds is 9. The summed E-state index contributed by atoms with van der Waals surface area (Å²) >= 11 is 1.66. The zero-order valence-electron chi connectivity index (χ0n) is 14.3. The van der Waals surface area contributed by atoms with E-state index in [0.717, 1.165) is 34.4 Å². The highest BCUT2D eigenvalue weighted by Crippen LogP contribution is 2.39. The van der Waals surface area contributed by atoms with Crippen LogP contribution in [0.4, 0.5) is 0 Å². The molecule has 1 aromatic carbocycles. The van der Waals surface area contributed by atoms with Crippen LogP contribution in [0.2, 0.25) is 0 Å². The lowest BCUT2D eigenvalue weighted by molar-refractivity contribution is -0.121. The highest BCUT2D eigenvalue weighted by Gasteiger charge is 2.15. The molecule has 1 saturated heterocycles. The third-order valence-electron chi connectivity index (χ3n) is 4.19. The van der Waals surface area contributed by atoms with E-state index in [9.17, 15) is 4.79 Å².